The maximum atomic E-state index is 11.7. The molecule has 0 spiro atoms. The van der Waals surface area contributed by atoms with Crippen LogP contribution in [0.2, 0.25) is 0 Å². The van der Waals surface area contributed by atoms with Gasteiger partial charge in [-0.3, -0.25) is 4.79 Å². The highest BCUT2D eigenvalue weighted by Gasteiger charge is 2.15. The lowest BCUT2D eigenvalue weighted by Gasteiger charge is -2.26. The molecule has 0 aliphatic rings. The zero-order chi connectivity index (χ0) is 18.8. The number of guanidine groups is 1. The number of benzene rings is 1. The smallest absolute Gasteiger partial charge is 0.243 e. The second-order valence-electron chi connectivity index (χ2n) is 6.44. The third-order valence-corrected chi connectivity index (χ3v) is 4.07. The van der Waals surface area contributed by atoms with E-state index in [-0.39, 0.29) is 18.5 Å². The van der Waals surface area contributed by atoms with Crippen LogP contribution in [-0.2, 0) is 11.2 Å². The van der Waals surface area contributed by atoms with Crippen LogP contribution in [0, 0.1) is 0 Å². The van der Waals surface area contributed by atoms with Crippen molar-refractivity contribution in [1.82, 2.24) is 20.4 Å². The quantitative estimate of drug-likeness (QED) is 0.553. The van der Waals surface area contributed by atoms with E-state index < -0.39 is 0 Å². The topological polar surface area (TPSA) is 60.0 Å². The summed E-state index contributed by atoms with van der Waals surface area (Å²) in [6.45, 7) is 5.77. The molecule has 0 bridgehead atoms. The number of amides is 1. The van der Waals surface area contributed by atoms with Crippen molar-refractivity contribution in [2.45, 2.75) is 26.3 Å². The zero-order valence-electron chi connectivity index (χ0n) is 16.5. The summed E-state index contributed by atoms with van der Waals surface area (Å²) >= 11 is 0. The maximum absolute atomic E-state index is 11.7. The lowest BCUT2D eigenvalue weighted by molar-refractivity contribution is -0.127. The van der Waals surface area contributed by atoms with Crippen molar-refractivity contribution >= 4 is 11.9 Å². The van der Waals surface area contributed by atoms with Crippen LogP contribution in [-0.4, -0.2) is 69.5 Å². The number of hydrogen-bond acceptors (Lipinski definition) is 3. The van der Waals surface area contributed by atoms with Crippen molar-refractivity contribution in [3.63, 3.8) is 0 Å². The van der Waals surface area contributed by atoms with Gasteiger partial charge in [0.05, 0.1) is 6.04 Å². The number of hydrogen-bond donors (Lipinski definition) is 2. The van der Waals surface area contributed by atoms with E-state index in [1.54, 1.807) is 19.0 Å². The molecule has 1 amide bonds. The molecule has 1 atom stereocenters. The fourth-order valence-electron chi connectivity index (χ4n) is 2.40. The van der Waals surface area contributed by atoms with Gasteiger partial charge < -0.3 is 20.4 Å². The molecule has 1 unspecified atom stereocenters. The van der Waals surface area contributed by atoms with E-state index in [9.17, 15) is 4.79 Å². The molecule has 0 radical (unpaired) electrons. The molecule has 1 aromatic carbocycles. The SMILES string of the molecule is CCNC(=NCC(=O)N(C)C)NCC(c1ccc(CC)cc1)N(C)C. The highest BCUT2D eigenvalue weighted by atomic mass is 16.2. The molecule has 6 nitrogen and oxygen atoms in total. The van der Waals surface area contributed by atoms with Crippen LogP contribution in [0.3, 0.4) is 0 Å². The van der Waals surface area contributed by atoms with Gasteiger partial charge >= 0.3 is 0 Å². The number of aryl methyl sites for hydroxylation is 1. The van der Waals surface area contributed by atoms with Crippen molar-refractivity contribution < 1.29 is 4.79 Å². The normalized spacial score (nSPS) is 12.8. The number of likely N-dealkylation sites (N-methyl/N-ethyl adjacent to an activating group) is 2. The number of carbonyl (C=O) groups is 1. The van der Waals surface area contributed by atoms with Crippen LogP contribution in [0.1, 0.15) is 31.0 Å². The first-order valence-electron chi connectivity index (χ1n) is 8.86. The first-order chi connectivity index (χ1) is 11.9. The summed E-state index contributed by atoms with van der Waals surface area (Å²) in [5.41, 5.74) is 2.60. The van der Waals surface area contributed by atoms with Crippen molar-refractivity contribution in [3.8, 4) is 0 Å². The highest BCUT2D eigenvalue weighted by molar-refractivity contribution is 5.84. The van der Waals surface area contributed by atoms with Crippen LogP contribution < -0.4 is 10.6 Å². The monoisotopic (exact) mass is 347 g/mol. The Hall–Kier alpha value is -2.08. The zero-order valence-corrected chi connectivity index (χ0v) is 16.5. The summed E-state index contributed by atoms with van der Waals surface area (Å²) in [4.78, 5) is 19.8. The summed E-state index contributed by atoms with van der Waals surface area (Å²) in [6, 6.07) is 8.96. The minimum Gasteiger partial charge on any atom is -0.357 e. The van der Waals surface area contributed by atoms with Gasteiger partial charge in [-0.2, -0.15) is 0 Å². The Labute approximate surface area is 152 Å². The molecule has 0 aliphatic heterocycles. The number of carbonyl (C=O) groups excluding carboxylic acids is 1. The van der Waals surface area contributed by atoms with E-state index in [4.69, 9.17) is 0 Å². The van der Waals surface area contributed by atoms with Crippen LogP contribution >= 0.6 is 0 Å². The maximum Gasteiger partial charge on any atom is 0.243 e. The largest absolute Gasteiger partial charge is 0.357 e. The third kappa shape index (κ3) is 7.13. The van der Waals surface area contributed by atoms with E-state index in [0.717, 1.165) is 13.0 Å². The Bertz CT molecular complexity index is 551. The average Bonchev–Trinajstić information content (AvgIpc) is 2.59. The summed E-state index contributed by atoms with van der Waals surface area (Å²) in [5, 5.41) is 6.54. The van der Waals surface area contributed by atoms with Gasteiger partial charge in [0.2, 0.25) is 5.91 Å². The second kappa shape index (κ2) is 10.7. The Morgan fingerprint density at radius 2 is 1.72 bits per heavy atom. The highest BCUT2D eigenvalue weighted by Crippen LogP contribution is 2.18. The molecular formula is C19H33N5O. The number of nitrogens with zero attached hydrogens (tertiary/aromatic N) is 3. The van der Waals surface area contributed by atoms with Crippen LogP contribution in [0.15, 0.2) is 29.3 Å². The van der Waals surface area contributed by atoms with Crippen molar-refractivity contribution in [2.24, 2.45) is 4.99 Å². The van der Waals surface area contributed by atoms with Gasteiger partial charge in [0.1, 0.15) is 6.54 Å². The van der Waals surface area contributed by atoms with Gasteiger partial charge in [0.25, 0.3) is 0 Å². The third-order valence-electron chi connectivity index (χ3n) is 4.07. The first kappa shape index (κ1) is 21.0. The van der Waals surface area contributed by atoms with E-state index in [1.165, 1.54) is 11.1 Å². The molecule has 0 saturated heterocycles. The fraction of sp³-hybridized carbons (Fsp3) is 0.579. The van der Waals surface area contributed by atoms with E-state index in [2.05, 4.69) is 65.8 Å². The molecule has 140 valence electrons. The standard InChI is InChI=1S/C19H33N5O/c1-7-15-9-11-16(12-10-15)17(23(3)4)13-21-19(20-8-2)22-14-18(25)24(5)6/h9-12,17H,7-8,13-14H2,1-6H3,(H2,20,21,22). The fourth-order valence-corrected chi connectivity index (χ4v) is 2.40. The summed E-state index contributed by atoms with van der Waals surface area (Å²) in [6.07, 6.45) is 1.04. The second-order valence-corrected chi connectivity index (χ2v) is 6.44. The van der Waals surface area contributed by atoms with Crippen LogP contribution in [0.4, 0.5) is 0 Å². The summed E-state index contributed by atoms with van der Waals surface area (Å²) in [5.74, 6) is 0.645. The Balaban J connectivity index is 2.78. The van der Waals surface area contributed by atoms with Gasteiger partial charge in [0, 0.05) is 27.2 Å². The molecule has 0 saturated carbocycles. The molecule has 0 aromatic heterocycles. The van der Waals surface area contributed by atoms with Gasteiger partial charge in [0.15, 0.2) is 5.96 Å². The molecular weight excluding hydrogens is 314 g/mol. The van der Waals surface area contributed by atoms with Crippen molar-refractivity contribution in [3.05, 3.63) is 35.4 Å². The van der Waals surface area contributed by atoms with E-state index in [1.807, 2.05) is 6.92 Å². The van der Waals surface area contributed by atoms with Gasteiger partial charge in [-0.05, 0) is 38.6 Å². The minimum atomic E-state index is -0.0171. The molecule has 1 rings (SSSR count). The lowest BCUT2D eigenvalue weighted by Crippen LogP contribution is -2.42. The first-order valence-corrected chi connectivity index (χ1v) is 8.86. The Kier molecular flexibility index (Phi) is 8.99. The van der Waals surface area contributed by atoms with Crippen molar-refractivity contribution in [1.29, 1.82) is 0 Å². The predicted molar refractivity (Wildman–Crippen MR) is 105 cm³/mol. The lowest BCUT2D eigenvalue weighted by atomic mass is 10.0. The van der Waals surface area contributed by atoms with Crippen LogP contribution in [0.5, 0.6) is 0 Å². The van der Waals surface area contributed by atoms with Gasteiger partial charge in [-0.25, -0.2) is 4.99 Å². The summed E-state index contributed by atoms with van der Waals surface area (Å²) in [7, 11) is 7.61. The van der Waals surface area contributed by atoms with E-state index in [0.29, 0.717) is 12.5 Å². The number of aliphatic imine (C=N–C) groups is 1. The minimum absolute atomic E-state index is 0.0171. The molecule has 6 heteroatoms. The molecule has 0 aliphatic carbocycles. The molecule has 0 heterocycles. The molecule has 2 N–H and O–H groups in total. The van der Waals surface area contributed by atoms with Gasteiger partial charge in [-0.1, -0.05) is 31.2 Å². The average molecular weight is 348 g/mol. The van der Waals surface area contributed by atoms with Crippen LogP contribution in [0.25, 0.3) is 0 Å². The van der Waals surface area contributed by atoms with E-state index >= 15 is 0 Å². The number of nitrogens with one attached hydrogen (secondary N) is 2. The number of rotatable bonds is 8. The predicted octanol–water partition coefficient (Wildman–Crippen LogP) is 1.50. The Morgan fingerprint density at radius 3 is 2.20 bits per heavy atom. The molecule has 1 aromatic rings. The molecule has 0 fully saturated rings. The Morgan fingerprint density at radius 1 is 1.08 bits per heavy atom. The van der Waals surface area contributed by atoms with Crippen molar-refractivity contribution in [2.75, 3.05) is 47.8 Å². The van der Waals surface area contributed by atoms with Gasteiger partial charge in [-0.15, -0.1) is 0 Å². The molecule has 25 heavy (non-hydrogen) atoms. The summed E-state index contributed by atoms with van der Waals surface area (Å²) < 4.78 is 0.